The Hall–Kier alpha value is -0.120. The van der Waals surface area contributed by atoms with Crippen molar-refractivity contribution in [1.82, 2.24) is 5.32 Å². The first-order valence-electron chi connectivity index (χ1n) is 5.46. The third kappa shape index (κ3) is 4.40. The largest absolute Gasteiger partial charge is 0.395 e. The van der Waals surface area contributed by atoms with Crippen LogP contribution in [-0.4, -0.2) is 37.0 Å². The highest BCUT2D eigenvalue weighted by Gasteiger charge is 2.23. The molecule has 84 valence electrons. The monoisotopic (exact) mass is 201 g/mol. The highest BCUT2D eigenvalue weighted by Crippen LogP contribution is 2.21. The van der Waals surface area contributed by atoms with Crippen molar-refractivity contribution in [3.05, 3.63) is 0 Å². The minimum Gasteiger partial charge on any atom is -0.395 e. The second-order valence-corrected chi connectivity index (χ2v) is 5.37. The van der Waals surface area contributed by atoms with Crippen LogP contribution in [-0.2, 0) is 4.74 Å². The molecule has 1 aliphatic rings. The van der Waals surface area contributed by atoms with Crippen molar-refractivity contribution >= 4 is 0 Å². The van der Waals surface area contributed by atoms with Crippen LogP contribution in [0.1, 0.15) is 33.6 Å². The number of aliphatic hydroxyl groups excluding tert-OH is 1. The topological polar surface area (TPSA) is 41.5 Å². The van der Waals surface area contributed by atoms with Crippen LogP contribution in [0.4, 0.5) is 0 Å². The smallest absolute Gasteiger partial charge is 0.0620 e. The first kappa shape index (κ1) is 12.0. The Kier molecular flexibility index (Phi) is 4.35. The van der Waals surface area contributed by atoms with Crippen LogP contribution >= 0.6 is 0 Å². The van der Waals surface area contributed by atoms with Crippen molar-refractivity contribution in [1.29, 1.82) is 0 Å². The van der Waals surface area contributed by atoms with Gasteiger partial charge in [-0.05, 0) is 18.3 Å². The lowest BCUT2D eigenvalue weighted by Crippen LogP contribution is -2.42. The summed E-state index contributed by atoms with van der Waals surface area (Å²) in [6.45, 7) is 8.45. The molecule has 0 spiro atoms. The molecule has 1 rings (SSSR count). The summed E-state index contributed by atoms with van der Waals surface area (Å²) in [5, 5.41) is 12.7. The molecule has 3 heteroatoms. The molecule has 14 heavy (non-hydrogen) atoms. The van der Waals surface area contributed by atoms with Gasteiger partial charge in [0.05, 0.1) is 13.2 Å². The Morgan fingerprint density at radius 1 is 1.50 bits per heavy atom. The molecule has 2 atom stereocenters. The Balaban J connectivity index is 2.30. The van der Waals surface area contributed by atoms with Gasteiger partial charge in [-0.15, -0.1) is 0 Å². The van der Waals surface area contributed by atoms with E-state index in [1.807, 2.05) is 0 Å². The van der Waals surface area contributed by atoms with E-state index in [0.29, 0.717) is 6.04 Å². The number of hydrogen-bond donors (Lipinski definition) is 2. The summed E-state index contributed by atoms with van der Waals surface area (Å²) < 4.78 is 5.29. The van der Waals surface area contributed by atoms with E-state index in [1.54, 1.807) is 0 Å². The lowest BCUT2D eigenvalue weighted by atomic mass is 9.88. The van der Waals surface area contributed by atoms with Crippen molar-refractivity contribution in [3.63, 3.8) is 0 Å². The molecule has 0 aliphatic carbocycles. The Bertz CT molecular complexity index is 159. The molecule has 0 radical (unpaired) electrons. The van der Waals surface area contributed by atoms with Gasteiger partial charge in [0.2, 0.25) is 0 Å². The molecule has 0 aromatic carbocycles. The minimum atomic E-state index is 0.210. The van der Waals surface area contributed by atoms with Gasteiger partial charge in [0, 0.05) is 18.7 Å². The quantitative estimate of drug-likeness (QED) is 0.717. The summed E-state index contributed by atoms with van der Waals surface area (Å²) in [4.78, 5) is 0. The summed E-state index contributed by atoms with van der Waals surface area (Å²) in [7, 11) is 0. The molecule has 0 amide bonds. The first-order valence-corrected chi connectivity index (χ1v) is 5.46. The molecule has 0 aromatic heterocycles. The number of aliphatic hydroxyl groups is 1. The second-order valence-electron chi connectivity index (χ2n) is 5.37. The maximum Gasteiger partial charge on any atom is 0.0620 e. The molecule has 1 aliphatic heterocycles. The van der Waals surface area contributed by atoms with Gasteiger partial charge >= 0.3 is 0 Å². The molecule has 1 fully saturated rings. The van der Waals surface area contributed by atoms with Crippen molar-refractivity contribution in [3.8, 4) is 0 Å². The Labute approximate surface area is 86.8 Å². The highest BCUT2D eigenvalue weighted by molar-refractivity contribution is 4.80. The molecule has 0 aromatic rings. The molecule has 3 nitrogen and oxygen atoms in total. The highest BCUT2D eigenvalue weighted by atomic mass is 16.5. The maximum absolute atomic E-state index is 9.25. The number of rotatable bonds is 4. The van der Waals surface area contributed by atoms with Gasteiger partial charge in [0.1, 0.15) is 0 Å². The van der Waals surface area contributed by atoms with Crippen molar-refractivity contribution in [2.24, 2.45) is 5.41 Å². The van der Waals surface area contributed by atoms with E-state index in [2.05, 4.69) is 26.1 Å². The van der Waals surface area contributed by atoms with E-state index in [9.17, 15) is 5.11 Å². The van der Waals surface area contributed by atoms with E-state index in [1.165, 1.54) is 0 Å². The first-order chi connectivity index (χ1) is 6.51. The summed E-state index contributed by atoms with van der Waals surface area (Å²) >= 11 is 0. The lowest BCUT2D eigenvalue weighted by Gasteiger charge is -2.27. The Morgan fingerprint density at radius 3 is 2.64 bits per heavy atom. The number of hydrogen-bond acceptors (Lipinski definition) is 3. The summed E-state index contributed by atoms with van der Waals surface area (Å²) in [5.41, 5.74) is 0.264. The van der Waals surface area contributed by atoms with E-state index in [-0.39, 0.29) is 18.1 Å². The molecular formula is C11H23NO2. The third-order valence-electron chi connectivity index (χ3n) is 2.48. The molecular weight excluding hydrogens is 178 g/mol. The minimum absolute atomic E-state index is 0.210. The van der Waals surface area contributed by atoms with E-state index >= 15 is 0 Å². The summed E-state index contributed by atoms with van der Waals surface area (Å²) in [6.07, 6.45) is 2.07. The third-order valence-corrected chi connectivity index (χ3v) is 2.48. The van der Waals surface area contributed by atoms with E-state index in [0.717, 1.165) is 26.1 Å². The number of ether oxygens (including phenoxy) is 1. The van der Waals surface area contributed by atoms with Crippen LogP contribution < -0.4 is 5.32 Å². The van der Waals surface area contributed by atoms with Gasteiger partial charge < -0.3 is 15.2 Å². The normalized spacial score (nSPS) is 25.3. The molecule has 2 N–H and O–H groups in total. The SMILES string of the molecule is CC(C)(C)CC(CO)NC1CCOC1. The van der Waals surface area contributed by atoms with Gasteiger partial charge in [-0.2, -0.15) is 0 Å². The van der Waals surface area contributed by atoms with E-state index < -0.39 is 0 Å². The fourth-order valence-corrected chi connectivity index (χ4v) is 1.91. The van der Waals surface area contributed by atoms with Gasteiger partial charge in [-0.3, -0.25) is 0 Å². The van der Waals surface area contributed by atoms with E-state index in [4.69, 9.17) is 4.74 Å². The number of nitrogens with one attached hydrogen (secondary N) is 1. The maximum atomic E-state index is 9.25. The van der Waals surface area contributed by atoms with Crippen molar-refractivity contribution in [2.75, 3.05) is 19.8 Å². The average Bonchev–Trinajstić information content (AvgIpc) is 2.53. The van der Waals surface area contributed by atoms with Crippen LogP contribution in [0.25, 0.3) is 0 Å². The fraction of sp³-hybridized carbons (Fsp3) is 1.00. The molecule has 1 saturated heterocycles. The molecule has 0 saturated carbocycles. The second kappa shape index (κ2) is 5.10. The summed E-state index contributed by atoms with van der Waals surface area (Å²) in [6, 6.07) is 0.649. The van der Waals surface area contributed by atoms with Crippen LogP contribution in [0, 0.1) is 5.41 Å². The Morgan fingerprint density at radius 2 is 2.21 bits per heavy atom. The standard InChI is InChI=1S/C11H23NO2/c1-11(2,3)6-10(7-13)12-9-4-5-14-8-9/h9-10,12-13H,4-8H2,1-3H3. The zero-order chi connectivity index (χ0) is 10.6. The van der Waals surface area contributed by atoms with Crippen molar-refractivity contribution < 1.29 is 9.84 Å². The summed E-state index contributed by atoms with van der Waals surface area (Å²) in [5.74, 6) is 0. The van der Waals surface area contributed by atoms with Gasteiger partial charge in [-0.1, -0.05) is 20.8 Å². The van der Waals surface area contributed by atoms with Crippen LogP contribution in [0.3, 0.4) is 0 Å². The lowest BCUT2D eigenvalue weighted by molar-refractivity contribution is 0.166. The predicted octanol–water partition coefficient (Wildman–Crippen LogP) is 1.16. The van der Waals surface area contributed by atoms with Crippen LogP contribution in [0.5, 0.6) is 0 Å². The molecule has 2 unspecified atom stereocenters. The van der Waals surface area contributed by atoms with Gasteiger partial charge in [0.15, 0.2) is 0 Å². The predicted molar refractivity (Wildman–Crippen MR) is 57.3 cm³/mol. The van der Waals surface area contributed by atoms with Crippen LogP contribution in [0.2, 0.25) is 0 Å². The average molecular weight is 201 g/mol. The molecule has 0 bridgehead atoms. The van der Waals surface area contributed by atoms with Crippen LogP contribution in [0.15, 0.2) is 0 Å². The molecule has 1 heterocycles. The van der Waals surface area contributed by atoms with Crippen molar-refractivity contribution in [2.45, 2.75) is 45.7 Å². The fourth-order valence-electron chi connectivity index (χ4n) is 1.91. The van der Waals surface area contributed by atoms with Gasteiger partial charge in [0.25, 0.3) is 0 Å². The zero-order valence-corrected chi connectivity index (χ0v) is 9.55. The zero-order valence-electron chi connectivity index (χ0n) is 9.55. The van der Waals surface area contributed by atoms with Gasteiger partial charge in [-0.25, -0.2) is 0 Å².